The van der Waals surface area contributed by atoms with Gasteiger partial charge >= 0.3 is 0 Å². The van der Waals surface area contributed by atoms with E-state index < -0.39 is 0 Å². The average molecular weight is 316 g/mol. The molecule has 4 N–H and O–H groups in total. The molecule has 1 aliphatic rings. The second-order valence-electron chi connectivity index (χ2n) is 6.32. The summed E-state index contributed by atoms with van der Waals surface area (Å²) in [6.07, 6.45) is 8.85. The predicted octanol–water partition coefficient (Wildman–Crippen LogP) is 4.67. The highest BCUT2D eigenvalue weighted by molar-refractivity contribution is 5.79. The monoisotopic (exact) mass is 316 g/mol. The van der Waals surface area contributed by atoms with Crippen LogP contribution in [0, 0.1) is 5.92 Å². The molecule has 0 aliphatic heterocycles. The molecule has 122 valence electrons. The molecule has 2 unspecified atom stereocenters. The van der Waals surface area contributed by atoms with E-state index in [2.05, 4.69) is 67.6 Å². The molecule has 0 fully saturated rings. The van der Waals surface area contributed by atoms with Gasteiger partial charge < -0.3 is 11.5 Å². The zero-order valence-electron chi connectivity index (χ0n) is 14.0. The molecule has 24 heavy (non-hydrogen) atoms. The Hall–Kier alpha value is -2.58. The molecule has 0 saturated heterocycles. The van der Waals surface area contributed by atoms with E-state index in [1.807, 2.05) is 12.1 Å². The minimum atomic E-state index is -0.160. The van der Waals surface area contributed by atoms with Crippen LogP contribution in [0.2, 0.25) is 0 Å². The number of hydrogen-bond acceptors (Lipinski definition) is 2. The number of nitrogens with two attached hydrogens (primary N) is 2. The predicted molar refractivity (Wildman–Crippen MR) is 103 cm³/mol. The summed E-state index contributed by atoms with van der Waals surface area (Å²) in [5, 5.41) is 0. The van der Waals surface area contributed by atoms with Crippen LogP contribution in [0.25, 0.3) is 11.1 Å². The first-order valence-corrected chi connectivity index (χ1v) is 8.39. The summed E-state index contributed by atoms with van der Waals surface area (Å²) in [5.41, 5.74) is 18.0. The van der Waals surface area contributed by atoms with E-state index in [0.717, 1.165) is 12.0 Å². The molecule has 0 bridgehead atoms. The van der Waals surface area contributed by atoms with Crippen LogP contribution >= 0.6 is 0 Å². The lowest BCUT2D eigenvalue weighted by molar-refractivity contribution is 0.770. The molecule has 0 amide bonds. The van der Waals surface area contributed by atoms with E-state index in [4.69, 9.17) is 11.5 Å². The zero-order chi connectivity index (χ0) is 16.9. The smallest absolute Gasteiger partial charge is 0.0498 e. The number of rotatable bonds is 4. The Balaban J connectivity index is 1.90. The van der Waals surface area contributed by atoms with Crippen LogP contribution in [-0.4, -0.2) is 0 Å². The van der Waals surface area contributed by atoms with Crippen LogP contribution in [0.5, 0.6) is 0 Å². The van der Waals surface area contributed by atoms with Crippen LogP contribution in [-0.2, 0) is 0 Å². The third-order valence-electron chi connectivity index (χ3n) is 4.59. The first kappa shape index (κ1) is 16.3. The van der Waals surface area contributed by atoms with E-state index in [1.54, 1.807) is 0 Å². The van der Waals surface area contributed by atoms with Gasteiger partial charge in [-0.1, -0.05) is 67.6 Å². The summed E-state index contributed by atoms with van der Waals surface area (Å²) in [4.78, 5) is 0. The summed E-state index contributed by atoms with van der Waals surface area (Å²) in [6.45, 7) is 2.29. The highest BCUT2D eigenvalue weighted by Crippen LogP contribution is 2.36. The van der Waals surface area contributed by atoms with Crippen molar-refractivity contribution in [1.29, 1.82) is 0 Å². The molecular formula is C22H24N2. The summed E-state index contributed by atoms with van der Waals surface area (Å²) in [6, 6.07) is 18.9. The topological polar surface area (TPSA) is 52.0 Å². The standard InChI is InChI=1S/C22H24N2/c1-16-14-19(10-11-21(16)17-6-3-2-4-7-17)18-8-5-9-20(15-18)22(24)12-13-23/h2-13,15-16,22H,14,23-24H2,1H3/b13-12-. The van der Waals surface area contributed by atoms with Crippen LogP contribution in [0.1, 0.15) is 36.1 Å². The zero-order valence-corrected chi connectivity index (χ0v) is 14.0. The Morgan fingerprint density at radius 3 is 2.46 bits per heavy atom. The highest BCUT2D eigenvalue weighted by atomic mass is 14.6. The van der Waals surface area contributed by atoms with Crippen molar-refractivity contribution >= 4 is 11.1 Å². The van der Waals surface area contributed by atoms with Gasteiger partial charge in [0.1, 0.15) is 0 Å². The fraction of sp³-hybridized carbons (Fsp3) is 0.182. The minimum absolute atomic E-state index is 0.160. The molecule has 1 aliphatic carbocycles. The summed E-state index contributed by atoms with van der Waals surface area (Å²) >= 11 is 0. The van der Waals surface area contributed by atoms with Crippen molar-refractivity contribution < 1.29 is 0 Å². The molecule has 2 atom stereocenters. The fourth-order valence-electron chi connectivity index (χ4n) is 3.26. The normalized spacial score (nSPS) is 19.0. The van der Waals surface area contributed by atoms with Crippen molar-refractivity contribution in [2.24, 2.45) is 17.4 Å². The van der Waals surface area contributed by atoms with Gasteiger partial charge in [-0.05, 0) is 58.5 Å². The third-order valence-corrected chi connectivity index (χ3v) is 4.59. The summed E-state index contributed by atoms with van der Waals surface area (Å²) < 4.78 is 0. The molecule has 2 aromatic rings. The molecule has 0 aromatic heterocycles. The molecular weight excluding hydrogens is 292 g/mol. The average Bonchev–Trinajstić information content (AvgIpc) is 2.62. The summed E-state index contributed by atoms with van der Waals surface area (Å²) in [5.74, 6) is 0.494. The first-order chi connectivity index (χ1) is 11.7. The van der Waals surface area contributed by atoms with Crippen LogP contribution in [0.4, 0.5) is 0 Å². The van der Waals surface area contributed by atoms with Crippen molar-refractivity contribution in [3.8, 4) is 0 Å². The SMILES string of the molecule is CC1CC(c2cccc(C(N)/C=C\N)c2)=CC=C1c1ccccc1. The third kappa shape index (κ3) is 3.50. The Morgan fingerprint density at radius 2 is 1.75 bits per heavy atom. The van der Waals surface area contributed by atoms with E-state index >= 15 is 0 Å². The maximum Gasteiger partial charge on any atom is 0.0498 e. The van der Waals surface area contributed by atoms with E-state index in [-0.39, 0.29) is 6.04 Å². The van der Waals surface area contributed by atoms with Gasteiger partial charge in [0.2, 0.25) is 0 Å². The Labute approximate surface area is 144 Å². The first-order valence-electron chi connectivity index (χ1n) is 8.39. The van der Waals surface area contributed by atoms with Gasteiger partial charge in [0.05, 0.1) is 0 Å². The number of hydrogen-bond donors (Lipinski definition) is 2. The lowest BCUT2D eigenvalue weighted by atomic mass is 9.82. The largest absolute Gasteiger partial charge is 0.405 e. The van der Waals surface area contributed by atoms with Crippen molar-refractivity contribution in [3.05, 3.63) is 95.7 Å². The summed E-state index contributed by atoms with van der Waals surface area (Å²) in [7, 11) is 0. The molecule has 3 rings (SSSR count). The lowest BCUT2D eigenvalue weighted by Gasteiger charge is -2.23. The Morgan fingerprint density at radius 1 is 1.00 bits per heavy atom. The van der Waals surface area contributed by atoms with Gasteiger partial charge in [0.15, 0.2) is 0 Å². The molecule has 2 aromatic carbocycles. The van der Waals surface area contributed by atoms with Gasteiger partial charge in [-0.25, -0.2) is 0 Å². The van der Waals surface area contributed by atoms with Gasteiger partial charge in [-0.3, -0.25) is 0 Å². The second-order valence-corrected chi connectivity index (χ2v) is 6.32. The van der Waals surface area contributed by atoms with Crippen molar-refractivity contribution in [2.75, 3.05) is 0 Å². The maximum atomic E-state index is 6.13. The number of allylic oxidation sites excluding steroid dienone is 4. The molecule has 2 heteroatoms. The van der Waals surface area contributed by atoms with Crippen LogP contribution in [0.3, 0.4) is 0 Å². The van der Waals surface area contributed by atoms with Crippen molar-refractivity contribution in [2.45, 2.75) is 19.4 Å². The van der Waals surface area contributed by atoms with Crippen molar-refractivity contribution in [3.63, 3.8) is 0 Å². The minimum Gasteiger partial charge on any atom is -0.405 e. The van der Waals surface area contributed by atoms with E-state index in [0.29, 0.717) is 5.92 Å². The molecule has 2 nitrogen and oxygen atoms in total. The fourth-order valence-corrected chi connectivity index (χ4v) is 3.26. The highest BCUT2D eigenvalue weighted by Gasteiger charge is 2.17. The molecule has 0 saturated carbocycles. The van der Waals surface area contributed by atoms with E-state index in [9.17, 15) is 0 Å². The molecule has 0 heterocycles. The van der Waals surface area contributed by atoms with Gasteiger partial charge in [-0.15, -0.1) is 0 Å². The second kappa shape index (κ2) is 7.33. The number of benzene rings is 2. The Bertz CT molecular complexity index is 785. The quantitative estimate of drug-likeness (QED) is 0.861. The van der Waals surface area contributed by atoms with E-state index in [1.165, 1.54) is 28.5 Å². The maximum absolute atomic E-state index is 6.13. The molecule has 0 radical (unpaired) electrons. The molecule has 0 spiro atoms. The van der Waals surface area contributed by atoms with Crippen LogP contribution in [0.15, 0.2) is 79.0 Å². The van der Waals surface area contributed by atoms with Gasteiger partial charge in [-0.2, -0.15) is 0 Å². The van der Waals surface area contributed by atoms with Crippen LogP contribution < -0.4 is 11.5 Å². The lowest BCUT2D eigenvalue weighted by Crippen LogP contribution is -2.09. The van der Waals surface area contributed by atoms with Gasteiger partial charge in [0.25, 0.3) is 0 Å². The van der Waals surface area contributed by atoms with Gasteiger partial charge in [0, 0.05) is 6.04 Å². The Kier molecular flexibility index (Phi) is 4.97. The van der Waals surface area contributed by atoms with Crippen molar-refractivity contribution in [1.82, 2.24) is 0 Å².